The van der Waals surface area contributed by atoms with Gasteiger partial charge in [0.25, 0.3) is 0 Å². The zero-order valence-electron chi connectivity index (χ0n) is 9.69. The van der Waals surface area contributed by atoms with Crippen LogP contribution in [0.4, 0.5) is 4.79 Å². The molecule has 0 atom stereocenters. The largest absolute Gasteiger partial charge is 0.351 e. The molecule has 0 rings (SSSR count). The molecule has 0 saturated carbocycles. The smallest absolute Gasteiger partial charge is 0.321 e. The van der Waals surface area contributed by atoms with E-state index >= 15 is 0 Å². The average molecular weight is 214 g/mol. The number of nitrogens with two attached hydrogens (primary N) is 1. The number of carbonyl (C=O) groups is 2. The third-order valence-electron chi connectivity index (χ3n) is 2.04. The summed E-state index contributed by atoms with van der Waals surface area (Å²) in [6.07, 6.45) is 4.16. The van der Waals surface area contributed by atoms with Gasteiger partial charge in [-0.05, 0) is 33.5 Å². The molecule has 0 aliphatic rings. The summed E-state index contributed by atoms with van der Waals surface area (Å²) in [5, 5.41) is 0. The third kappa shape index (κ3) is 6.90. The highest BCUT2D eigenvalue weighted by atomic mass is 16.2. The van der Waals surface area contributed by atoms with Gasteiger partial charge in [0.15, 0.2) is 0 Å². The van der Waals surface area contributed by atoms with Crippen LogP contribution in [0.25, 0.3) is 0 Å². The predicted octanol–water partition coefficient (Wildman–Crippen LogP) is 0.460. The lowest BCUT2D eigenvalue weighted by atomic mass is 10.2. The Morgan fingerprint density at radius 3 is 2.27 bits per heavy atom. The Balaban J connectivity index is 3.51. The van der Waals surface area contributed by atoms with E-state index in [9.17, 15) is 9.59 Å². The molecule has 0 fully saturated rings. The minimum atomic E-state index is -0.718. The number of carbonyl (C=O) groups excluding carboxylic acids is 2. The molecular formula is C10H20N3O2. The van der Waals surface area contributed by atoms with Crippen molar-refractivity contribution in [1.82, 2.24) is 9.80 Å². The monoisotopic (exact) mass is 214 g/mol. The number of hydrogen-bond acceptors (Lipinski definition) is 3. The maximum absolute atomic E-state index is 11.2. The Morgan fingerprint density at radius 1 is 1.20 bits per heavy atom. The molecule has 0 aromatic rings. The number of hydrogen-bond donors (Lipinski definition) is 1. The van der Waals surface area contributed by atoms with Gasteiger partial charge in [0.2, 0.25) is 5.91 Å². The number of unbranched alkanes of at least 4 members (excludes halogenated alkanes) is 2. The number of amides is 3. The Kier molecular flexibility index (Phi) is 6.70. The fourth-order valence-corrected chi connectivity index (χ4v) is 1.04. The van der Waals surface area contributed by atoms with Crippen molar-refractivity contribution >= 4 is 11.9 Å². The van der Waals surface area contributed by atoms with Crippen molar-refractivity contribution in [3.05, 3.63) is 6.42 Å². The normalized spacial score (nSPS) is 10.4. The standard InChI is InChI=1S/C10H20N3O2/c1-12(2)8-6-4-5-7-9(14)13(3)10(11)15/h7H,4-6,8H2,1-3H3,(H2,11,15). The van der Waals surface area contributed by atoms with E-state index in [4.69, 9.17) is 5.73 Å². The zero-order valence-corrected chi connectivity index (χ0v) is 9.69. The van der Waals surface area contributed by atoms with Crippen LogP contribution in [0.1, 0.15) is 19.3 Å². The van der Waals surface area contributed by atoms with Crippen LogP contribution in [0.3, 0.4) is 0 Å². The number of urea groups is 1. The minimum absolute atomic E-state index is 0.327. The molecule has 3 amide bonds. The fraction of sp³-hybridized carbons (Fsp3) is 0.700. The molecule has 15 heavy (non-hydrogen) atoms. The Morgan fingerprint density at radius 2 is 1.80 bits per heavy atom. The molecule has 2 N–H and O–H groups in total. The van der Waals surface area contributed by atoms with Crippen molar-refractivity contribution in [2.75, 3.05) is 27.7 Å². The molecule has 87 valence electrons. The van der Waals surface area contributed by atoms with Crippen molar-refractivity contribution in [1.29, 1.82) is 0 Å². The summed E-state index contributed by atoms with van der Waals surface area (Å²) in [7, 11) is 5.40. The van der Waals surface area contributed by atoms with E-state index in [1.165, 1.54) is 13.5 Å². The van der Waals surface area contributed by atoms with Crippen molar-refractivity contribution in [2.45, 2.75) is 19.3 Å². The topological polar surface area (TPSA) is 66.6 Å². The second-order valence-corrected chi connectivity index (χ2v) is 3.74. The van der Waals surface area contributed by atoms with Gasteiger partial charge in [-0.2, -0.15) is 0 Å². The Bertz CT molecular complexity index is 217. The van der Waals surface area contributed by atoms with Gasteiger partial charge in [0.1, 0.15) is 0 Å². The number of primary amides is 1. The van der Waals surface area contributed by atoms with Crippen molar-refractivity contribution < 1.29 is 9.59 Å². The van der Waals surface area contributed by atoms with Gasteiger partial charge in [-0.25, -0.2) is 4.79 Å². The van der Waals surface area contributed by atoms with E-state index in [0.717, 1.165) is 24.3 Å². The average Bonchev–Trinajstić information content (AvgIpc) is 2.15. The first-order valence-corrected chi connectivity index (χ1v) is 5.00. The molecule has 0 bridgehead atoms. The molecule has 0 aliphatic heterocycles. The molecule has 0 spiro atoms. The van der Waals surface area contributed by atoms with E-state index in [1.807, 2.05) is 14.1 Å². The second kappa shape index (κ2) is 7.23. The molecule has 5 nitrogen and oxygen atoms in total. The highest BCUT2D eigenvalue weighted by Crippen LogP contribution is 2.01. The molecular weight excluding hydrogens is 194 g/mol. The van der Waals surface area contributed by atoms with Crippen LogP contribution in [0.2, 0.25) is 0 Å². The van der Waals surface area contributed by atoms with Crippen LogP contribution >= 0.6 is 0 Å². The summed E-state index contributed by atoms with van der Waals surface area (Å²) in [6.45, 7) is 1.01. The lowest BCUT2D eigenvalue weighted by Gasteiger charge is -2.12. The first kappa shape index (κ1) is 13.9. The van der Waals surface area contributed by atoms with Gasteiger partial charge in [-0.1, -0.05) is 6.42 Å². The summed E-state index contributed by atoms with van der Waals surface area (Å²) in [5.74, 6) is -0.327. The fourth-order valence-electron chi connectivity index (χ4n) is 1.04. The lowest BCUT2D eigenvalue weighted by Crippen LogP contribution is -2.37. The van der Waals surface area contributed by atoms with Crippen molar-refractivity contribution in [3.63, 3.8) is 0 Å². The number of imide groups is 1. The van der Waals surface area contributed by atoms with Crippen molar-refractivity contribution in [3.8, 4) is 0 Å². The summed E-state index contributed by atoms with van der Waals surface area (Å²) >= 11 is 0. The van der Waals surface area contributed by atoms with E-state index in [-0.39, 0.29) is 5.91 Å². The van der Waals surface area contributed by atoms with Crippen molar-refractivity contribution in [2.24, 2.45) is 5.73 Å². The first-order chi connectivity index (χ1) is 6.95. The van der Waals surface area contributed by atoms with Gasteiger partial charge in [-0.15, -0.1) is 0 Å². The van der Waals surface area contributed by atoms with Gasteiger partial charge in [-0.3, -0.25) is 9.69 Å². The van der Waals surface area contributed by atoms with Crippen LogP contribution in [-0.2, 0) is 4.79 Å². The quantitative estimate of drug-likeness (QED) is 0.653. The van der Waals surface area contributed by atoms with Gasteiger partial charge < -0.3 is 10.6 Å². The lowest BCUT2D eigenvalue weighted by molar-refractivity contribution is -0.123. The Labute approximate surface area is 91.2 Å². The maximum atomic E-state index is 11.2. The van der Waals surface area contributed by atoms with E-state index in [1.54, 1.807) is 0 Å². The van der Waals surface area contributed by atoms with Gasteiger partial charge in [0.05, 0.1) is 6.42 Å². The van der Waals surface area contributed by atoms with E-state index in [0.29, 0.717) is 6.42 Å². The highest BCUT2D eigenvalue weighted by Gasteiger charge is 2.12. The van der Waals surface area contributed by atoms with Gasteiger partial charge >= 0.3 is 6.03 Å². The molecule has 0 aromatic carbocycles. The molecule has 5 heteroatoms. The number of rotatable bonds is 6. The van der Waals surface area contributed by atoms with Crippen LogP contribution < -0.4 is 5.73 Å². The molecule has 1 radical (unpaired) electrons. The van der Waals surface area contributed by atoms with Crippen LogP contribution in [0.5, 0.6) is 0 Å². The van der Waals surface area contributed by atoms with Crippen LogP contribution in [0, 0.1) is 6.42 Å². The molecule has 0 unspecified atom stereocenters. The number of nitrogens with zero attached hydrogens (tertiary/aromatic N) is 2. The molecule has 0 aromatic heterocycles. The summed E-state index contributed by atoms with van der Waals surface area (Å²) < 4.78 is 0. The van der Waals surface area contributed by atoms with Crippen LogP contribution in [-0.4, -0.2) is 49.4 Å². The SMILES string of the molecule is CN(C)CCCC[CH]C(=O)N(C)C(N)=O. The highest BCUT2D eigenvalue weighted by molar-refractivity contribution is 5.97. The summed E-state index contributed by atoms with van der Waals surface area (Å²) in [5.41, 5.74) is 4.95. The maximum Gasteiger partial charge on any atom is 0.321 e. The zero-order chi connectivity index (χ0) is 11.8. The molecule has 0 aliphatic carbocycles. The molecule has 0 heterocycles. The Hall–Kier alpha value is -1.10. The second-order valence-electron chi connectivity index (χ2n) is 3.74. The summed E-state index contributed by atoms with van der Waals surface area (Å²) in [4.78, 5) is 24.9. The van der Waals surface area contributed by atoms with Gasteiger partial charge in [0, 0.05) is 7.05 Å². The first-order valence-electron chi connectivity index (χ1n) is 5.00. The van der Waals surface area contributed by atoms with Crippen LogP contribution in [0.15, 0.2) is 0 Å². The minimum Gasteiger partial charge on any atom is -0.351 e. The van der Waals surface area contributed by atoms with E-state index in [2.05, 4.69) is 4.90 Å². The van der Waals surface area contributed by atoms with E-state index < -0.39 is 6.03 Å². The predicted molar refractivity (Wildman–Crippen MR) is 59.1 cm³/mol. The third-order valence-corrected chi connectivity index (χ3v) is 2.04. The summed E-state index contributed by atoms with van der Waals surface area (Å²) in [6, 6.07) is -0.718. The molecule has 0 saturated heterocycles.